The monoisotopic (exact) mass is 357 g/mol. The molecule has 0 amide bonds. The largest absolute Gasteiger partial charge is 0.309 e. The van der Waals surface area contributed by atoms with Gasteiger partial charge in [-0.3, -0.25) is 9.69 Å². The normalized spacial score (nSPS) is 20.9. The molecule has 0 aromatic carbocycles. The lowest BCUT2D eigenvalue weighted by Gasteiger charge is -2.22. The summed E-state index contributed by atoms with van der Waals surface area (Å²) in [6.45, 7) is 1.81. The summed E-state index contributed by atoms with van der Waals surface area (Å²) in [5.41, 5.74) is 1.31. The summed E-state index contributed by atoms with van der Waals surface area (Å²) in [5, 5.41) is 3.00. The summed E-state index contributed by atoms with van der Waals surface area (Å²) in [6, 6.07) is 4.81. The number of H-pyrrole nitrogens is 1. The maximum absolute atomic E-state index is 12.6. The molecule has 124 valence electrons. The van der Waals surface area contributed by atoms with Gasteiger partial charge in [-0.1, -0.05) is 6.07 Å². The van der Waals surface area contributed by atoms with E-state index < -0.39 is 0 Å². The fourth-order valence-corrected chi connectivity index (χ4v) is 6.31. The first-order valence-corrected chi connectivity index (χ1v) is 10.3. The standard InChI is InChI=1S/C18H19N3OS2/c22-17-16-11-4-1-6-13(11)24-18(16)20-15(19-17)10-21-8-2-5-12(21)14-7-3-9-23-14/h3,7,9,12H,1-2,4-6,8,10H2,(H,19,20,22)/t12-/m1/s1. The van der Waals surface area contributed by atoms with Crippen LogP contribution in [0.25, 0.3) is 10.2 Å². The van der Waals surface area contributed by atoms with Gasteiger partial charge in [-0.25, -0.2) is 4.98 Å². The van der Waals surface area contributed by atoms with Gasteiger partial charge in [0.1, 0.15) is 10.7 Å². The minimum absolute atomic E-state index is 0.0567. The quantitative estimate of drug-likeness (QED) is 0.774. The van der Waals surface area contributed by atoms with Crippen molar-refractivity contribution in [3.05, 3.63) is 49.0 Å². The molecule has 3 aromatic heterocycles. The summed E-state index contributed by atoms with van der Waals surface area (Å²) >= 11 is 3.55. The van der Waals surface area contributed by atoms with Crippen LogP contribution in [0, 0.1) is 0 Å². The molecule has 1 fully saturated rings. The number of aromatic nitrogens is 2. The summed E-state index contributed by atoms with van der Waals surface area (Å²) in [4.78, 5) is 26.6. The highest BCUT2D eigenvalue weighted by Crippen LogP contribution is 2.36. The van der Waals surface area contributed by atoms with E-state index in [2.05, 4.69) is 27.4 Å². The number of hydrogen-bond acceptors (Lipinski definition) is 5. The average Bonchev–Trinajstić information content (AvgIpc) is 3.30. The number of likely N-dealkylation sites (tertiary alicyclic amines) is 1. The van der Waals surface area contributed by atoms with Crippen LogP contribution in [-0.4, -0.2) is 21.4 Å². The van der Waals surface area contributed by atoms with Gasteiger partial charge in [0.05, 0.1) is 11.9 Å². The van der Waals surface area contributed by atoms with Crippen molar-refractivity contribution in [2.75, 3.05) is 6.54 Å². The topological polar surface area (TPSA) is 49.0 Å². The first-order valence-electron chi connectivity index (χ1n) is 8.60. The Morgan fingerprint density at radius 2 is 2.29 bits per heavy atom. The molecule has 6 heteroatoms. The molecule has 3 aromatic rings. The number of hydrogen-bond donors (Lipinski definition) is 1. The molecule has 1 N–H and O–H groups in total. The number of thiophene rings is 2. The molecule has 2 aliphatic rings. The van der Waals surface area contributed by atoms with Crippen LogP contribution in [-0.2, 0) is 19.4 Å². The molecule has 0 bridgehead atoms. The van der Waals surface area contributed by atoms with Crippen LogP contribution in [0.15, 0.2) is 22.3 Å². The van der Waals surface area contributed by atoms with E-state index in [-0.39, 0.29) is 5.56 Å². The second kappa shape index (κ2) is 5.79. The average molecular weight is 358 g/mol. The van der Waals surface area contributed by atoms with E-state index in [9.17, 15) is 4.79 Å². The van der Waals surface area contributed by atoms with E-state index in [4.69, 9.17) is 4.98 Å². The molecule has 0 spiro atoms. The van der Waals surface area contributed by atoms with Crippen molar-refractivity contribution < 1.29 is 0 Å². The van der Waals surface area contributed by atoms with E-state index >= 15 is 0 Å². The first kappa shape index (κ1) is 14.8. The molecule has 1 aliphatic heterocycles. The fourth-order valence-electron chi connectivity index (χ4n) is 4.13. The van der Waals surface area contributed by atoms with Gasteiger partial charge in [0, 0.05) is 15.8 Å². The summed E-state index contributed by atoms with van der Waals surface area (Å²) < 4.78 is 0. The molecule has 1 saturated heterocycles. The lowest BCUT2D eigenvalue weighted by molar-refractivity contribution is 0.245. The van der Waals surface area contributed by atoms with Gasteiger partial charge in [-0.05, 0) is 55.7 Å². The van der Waals surface area contributed by atoms with Gasteiger partial charge < -0.3 is 4.98 Å². The molecular weight excluding hydrogens is 338 g/mol. The summed E-state index contributed by atoms with van der Waals surface area (Å²) in [6.07, 6.45) is 5.72. The molecule has 24 heavy (non-hydrogen) atoms. The van der Waals surface area contributed by atoms with E-state index in [0.29, 0.717) is 6.04 Å². The molecule has 0 saturated carbocycles. The van der Waals surface area contributed by atoms with Crippen molar-refractivity contribution in [2.24, 2.45) is 0 Å². The highest BCUT2D eigenvalue weighted by atomic mass is 32.1. The van der Waals surface area contributed by atoms with Crippen LogP contribution in [0.4, 0.5) is 0 Å². The maximum atomic E-state index is 12.6. The number of rotatable bonds is 3. The second-order valence-corrected chi connectivity index (χ2v) is 8.76. The molecular formula is C18H19N3OS2. The van der Waals surface area contributed by atoms with Crippen LogP contribution in [0.3, 0.4) is 0 Å². The molecule has 5 rings (SSSR count). The molecule has 4 nitrogen and oxygen atoms in total. The molecule has 1 aliphatic carbocycles. The van der Waals surface area contributed by atoms with Gasteiger partial charge in [-0.15, -0.1) is 22.7 Å². The third kappa shape index (κ3) is 2.36. The van der Waals surface area contributed by atoms with Gasteiger partial charge in [-0.2, -0.15) is 0 Å². The number of nitrogens with zero attached hydrogens (tertiary/aromatic N) is 2. The summed E-state index contributed by atoms with van der Waals surface area (Å²) in [7, 11) is 0. The van der Waals surface area contributed by atoms with Crippen molar-refractivity contribution in [1.29, 1.82) is 0 Å². The van der Waals surface area contributed by atoms with Crippen molar-refractivity contribution in [3.63, 3.8) is 0 Å². The lowest BCUT2D eigenvalue weighted by Crippen LogP contribution is -2.25. The minimum Gasteiger partial charge on any atom is -0.309 e. The van der Waals surface area contributed by atoms with E-state index in [1.165, 1.54) is 34.6 Å². The number of aromatic amines is 1. The highest BCUT2D eigenvalue weighted by Gasteiger charge is 2.28. The second-order valence-electron chi connectivity index (χ2n) is 6.69. The zero-order valence-electron chi connectivity index (χ0n) is 13.4. The lowest BCUT2D eigenvalue weighted by atomic mass is 10.2. The Balaban J connectivity index is 1.48. The maximum Gasteiger partial charge on any atom is 0.259 e. The Hall–Kier alpha value is -1.50. The molecule has 0 radical (unpaired) electrons. The van der Waals surface area contributed by atoms with Crippen molar-refractivity contribution in [1.82, 2.24) is 14.9 Å². The third-order valence-corrected chi connectivity index (χ3v) is 7.37. The van der Waals surface area contributed by atoms with Crippen LogP contribution in [0.1, 0.15) is 46.4 Å². The number of nitrogens with one attached hydrogen (secondary N) is 1. The fraction of sp³-hybridized carbons (Fsp3) is 0.444. The highest BCUT2D eigenvalue weighted by molar-refractivity contribution is 7.18. The Kier molecular flexibility index (Phi) is 3.57. The van der Waals surface area contributed by atoms with Crippen LogP contribution >= 0.6 is 22.7 Å². The van der Waals surface area contributed by atoms with Gasteiger partial charge in [0.2, 0.25) is 0 Å². The predicted molar refractivity (Wildman–Crippen MR) is 99.0 cm³/mol. The molecule has 4 heterocycles. The van der Waals surface area contributed by atoms with Crippen LogP contribution in [0.5, 0.6) is 0 Å². The smallest absolute Gasteiger partial charge is 0.259 e. The van der Waals surface area contributed by atoms with Gasteiger partial charge in [0.15, 0.2) is 0 Å². The third-order valence-electron chi connectivity index (χ3n) is 5.21. The van der Waals surface area contributed by atoms with Gasteiger partial charge in [0.25, 0.3) is 5.56 Å². The van der Waals surface area contributed by atoms with Crippen molar-refractivity contribution >= 4 is 32.9 Å². The van der Waals surface area contributed by atoms with Gasteiger partial charge >= 0.3 is 0 Å². The van der Waals surface area contributed by atoms with Crippen LogP contribution in [0.2, 0.25) is 0 Å². The van der Waals surface area contributed by atoms with E-state index in [1.807, 2.05) is 11.3 Å². The Bertz CT molecular complexity index is 941. The molecule has 0 unspecified atom stereocenters. The van der Waals surface area contributed by atoms with Crippen LogP contribution < -0.4 is 5.56 Å². The SMILES string of the molecule is O=c1[nH]c(CN2CCC[C@@H]2c2cccs2)nc2sc3c(c12)CCC3. The Morgan fingerprint density at radius 1 is 1.33 bits per heavy atom. The van der Waals surface area contributed by atoms with E-state index in [0.717, 1.165) is 42.0 Å². The predicted octanol–water partition coefficient (Wildman–Crippen LogP) is 3.87. The summed E-state index contributed by atoms with van der Waals surface area (Å²) in [5.74, 6) is 0.816. The van der Waals surface area contributed by atoms with Crippen molar-refractivity contribution in [3.8, 4) is 0 Å². The zero-order valence-corrected chi connectivity index (χ0v) is 15.0. The molecule has 1 atom stereocenters. The number of aryl methyl sites for hydroxylation is 2. The van der Waals surface area contributed by atoms with Crippen molar-refractivity contribution in [2.45, 2.75) is 44.7 Å². The number of fused-ring (bicyclic) bond motifs is 3. The zero-order chi connectivity index (χ0) is 16.1. The minimum atomic E-state index is 0.0567. The van der Waals surface area contributed by atoms with E-state index in [1.54, 1.807) is 11.3 Å². The first-order chi connectivity index (χ1) is 11.8. The Labute approximate surface area is 148 Å². The Morgan fingerprint density at radius 3 is 3.17 bits per heavy atom.